The van der Waals surface area contributed by atoms with Crippen LogP contribution in [0, 0.1) is 0 Å². The van der Waals surface area contributed by atoms with E-state index in [1.807, 2.05) is 14.1 Å². The summed E-state index contributed by atoms with van der Waals surface area (Å²) in [4.78, 5) is 136. The first kappa shape index (κ1) is 62.9. The number of amides is 10. The second-order valence-corrected chi connectivity index (χ2v) is 21.4. The van der Waals surface area contributed by atoms with E-state index in [2.05, 4.69) is 58.2 Å². The topological polar surface area (TPSA) is 348 Å². The van der Waals surface area contributed by atoms with Gasteiger partial charge in [-0.1, -0.05) is 0 Å². The quantitative estimate of drug-likeness (QED) is 0.0367. The smallest absolute Gasteiger partial charge is 0.291 e. The highest BCUT2D eigenvalue weighted by molar-refractivity contribution is 6.10. The summed E-state index contributed by atoms with van der Waals surface area (Å²) < 4.78 is 12.3. The average Bonchev–Trinajstić information content (AvgIpc) is 4.28. The molecule has 88 heavy (non-hydrogen) atoms. The standard InChI is InChI=1S/C58H70N20O10/c1-70(2)18-11-14-59-48(79)12-15-61-51(81)41-21-35(28-72(41)4)64-54(84)44-24-38(31-75(44)7)67-56(86)46-23-37(30-77(46)9)66-53(83)43-20-34(27-74(43)6)63-49(80)13-16-62-52(82)42-22-36(29-73(42)5)65-55(85)45-25-39(32-76(45)8)68-57(87)47-26-40(33-78(47)10)69-58(88)50-60-17-19-71(50)3/h17,19-33H,11-16,18H2,1-10H3,(H,59,79)(H,61,81)(H,62,82)(H,63,80)(H,64,84)(H,65,85)(H,66,83)(H,67,86)(H,68,87)(H,69,88)/p+1. The number of quaternary nitrogens is 1. The van der Waals surface area contributed by atoms with Gasteiger partial charge in [-0.15, -0.1) is 0 Å². The van der Waals surface area contributed by atoms with Crippen molar-refractivity contribution in [1.82, 2.24) is 57.5 Å². The first-order chi connectivity index (χ1) is 41.8. The zero-order chi connectivity index (χ0) is 63.7. The zero-order valence-corrected chi connectivity index (χ0v) is 50.3. The molecule has 30 nitrogen and oxygen atoms in total. The lowest BCUT2D eigenvalue weighted by atomic mass is 10.3. The number of carbonyl (C=O) groups excluding carboxylic acids is 10. The summed E-state index contributed by atoms with van der Waals surface area (Å²) in [5, 5.41) is 27.6. The maximum Gasteiger partial charge on any atom is 0.291 e. The van der Waals surface area contributed by atoms with Crippen molar-refractivity contribution in [2.45, 2.75) is 19.3 Å². The van der Waals surface area contributed by atoms with Gasteiger partial charge < -0.3 is 94.6 Å². The van der Waals surface area contributed by atoms with Crippen LogP contribution < -0.4 is 58.1 Å². The number of imidazole rings is 1. The van der Waals surface area contributed by atoms with Crippen LogP contribution in [0.25, 0.3) is 0 Å². The highest BCUT2D eigenvalue weighted by atomic mass is 16.2. The predicted octanol–water partition coefficient (Wildman–Crippen LogP) is 1.83. The molecule has 30 heteroatoms. The molecule has 0 aromatic carbocycles. The van der Waals surface area contributed by atoms with Gasteiger partial charge in [0.05, 0.1) is 60.5 Å². The molecule has 0 spiro atoms. The van der Waals surface area contributed by atoms with E-state index in [0.717, 1.165) is 13.0 Å². The molecule has 0 atom stereocenters. The Bertz CT molecular complexity index is 4000. The average molecular weight is 1210 g/mol. The van der Waals surface area contributed by atoms with E-state index in [-0.39, 0.29) is 77.5 Å². The number of nitrogens with one attached hydrogen (secondary N) is 11. The Morgan fingerprint density at radius 1 is 0.352 bits per heavy atom. The fraction of sp³-hybridized carbons (Fsp3) is 0.293. The number of nitrogens with zero attached hydrogens (tertiary/aromatic N) is 9. The Kier molecular flexibility index (Phi) is 19.5. The van der Waals surface area contributed by atoms with Crippen LogP contribution in [-0.2, 0) is 66.0 Å². The van der Waals surface area contributed by atoms with Crippen LogP contribution in [0.5, 0.6) is 0 Å². The molecule has 8 aromatic heterocycles. The molecule has 11 N–H and O–H groups in total. The summed E-state index contributed by atoms with van der Waals surface area (Å²) in [5.74, 6) is -4.36. The normalized spacial score (nSPS) is 11.0. The van der Waals surface area contributed by atoms with Gasteiger partial charge in [0.1, 0.15) is 39.9 Å². The molecule has 0 bridgehead atoms. The molecule has 0 aliphatic rings. The van der Waals surface area contributed by atoms with Gasteiger partial charge in [-0.2, -0.15) is 0 Å². The molecule has 0 unspecified atom stereocenters. The SMILES string of the molecule is Cn1cc(NC(=O)c2cc(NC(=O)c3cc(NC(=O)c4cc(NC(=O)CCNC(=O)c5cc(NC(=O)c6cc(NC(=O)c7cc(NC(=O)c8nccn8C)cn7C)cn6C)cn5C)cn4C)cn3C)cn2C)cc1C(=O)NCCC(=O)NCCC[NH+](C)C. The molecular formula is C58H71N20O10+. The summed E-state index contributed by atoms with van der Waals surface area (Å²) in [6.07, 6.45) is 14.9. The lowest BCUT2D eigenvalue weighted by Gasteiger charge is -2.09. The molecular weight excluding hydrogens is 1140 g/mol. The Morgan fingerprint density at radius 3 is 0.932 bits per heavy atom. The summed E-state index contributed by atoms with van der Waals surface area (Å²) >= 11 is 0. The van der Waals surface area contributed by atoms with Gasteiger partial charge in [0.15, 0.2) is 5.82 Å². The van der Waals surface area contributed by atoms with Crippen LogP contribution >= 0.6 is 0 Å². The zero-order valence-electron chi connectivity index (χ0n) is 50.3. The molecule has 8 heterocycles. The first-order valence-electron chi connectivity index (χ1n) is 27.7. The van der Waals surface area contributed by atoms with Crippen molar-refractivity contribution >= 4 is 98.9 Å². The highest BCUT2D eigenvalue weighted by Crippen LogP contribution is 2.23. The molecule has 0 aliphatic carbocycles. The van der Waals surface area contributed by atoms with E-state index >= 15 is 0 Å². The van der Waals surface area contributed by atoms with Gasteiger partial charge in [0, 0.05) is 151 Å². The number of carbonyl (C=O) groups is 10. The number of rotatable bonds is 25. The lowest BCUT2D eigenvalue weighted by Crippen LogP contribution is -3.05. The maximum absolute atomic E-state index is 13.5. The Balaban J connectivity index is 0.760. The van der Waals surface area contributed by atoms with Gasteiger partial charge in [-0.05, 0) is 42.5 Å². The summed E-state index contributed by atoms with van der Waals surface area (Å²) in [6.45, 7) is 1.58. The summed E-state index contributed by atoms with van der Waals surface area (Å²) in [6, 6.07) is 10.4. The van der Waals surface area contributed by atoms with Crippen LogP contribution in [0.3, 0.4) is 0 Å². The van der Waals surface area contributed by atoms with E-state index in [4.69, 9.17) is 0 Å². The Labute approximate surface area is 504 Å². The summed E-state index contributed by atoms with van der Waals surface area (Å²) in [7, 11) is 17.2. The third kappa shape index (κ3) is 15.6. The minimum absolute atomic E-state index is 0.0500. The first-order valence-corrected chi connectivity index (χ1v) is 27.7. The monoisotopic (exact) mass is 1210 g/mol. The Morgan fingerprint density at radius 2 is 0.636 bits per heavy atom. The minimum Gasteiger partial charge on any atom is -0.356 e. The van der Waals surface area contributed by atoms with E-state index in [1.54, 1.807) is 120 Å². The van der Waals surface area contributed by atoms with Crippen LogP contribution in [0.1, 0.15) is 103 Å². The van der Waals surface area contributed by atoms with Crippen molar-refractivity contribution in [3.05, 3.63) is 144 Å². The van der Waals surface area contributed by atoms with Crippen LogP contribution in [0.2, 0.25) is 0 Å². The molecule has 8 rings (SSSR count). The van der Waals surface area contributed by atoms with Gasteiger partial charge >= 0.3 is 0 Å². The molecule has 462 valence electrons. The van der Waals surface area contributed by atoms with Crippen molar-refractivity contribution in [2.24, 2.45) is 56.4 Å². The highest BCUT2D eigenvalue weighted by Gasteiger charge is 2.23. The minimum atomic E-state index is -0.537. The number of hydrogen-bond donors (Lipinski definition) is 11. The van der Waals surface area contributed by atoms with E-state index in [9.17, 15) is 47.9 Å². The number of aromatic nitrogens is 9. The van der Waals surface area contributed by atoms with Crippen molar-refractivity contribution in [3.8, 4) is 0 Å². The summed E-state index contributed by atoms with van der Waals surface area (Å²) in [5.41, 5.74) is 3.79. The third-order valence-corrected chi connectivity index (χ3v) is 14.0. The van der Waals surface area contributed by atoms with Crippen LogP contribution in [0.4, 0.5) is 39.8 Å². The number of anilines is 7. The van der Waals surface area contributed by atoms with Gasteiger partial charge in [-0.25, -0.2) is 4.98 Å². The van der Waals surface area contributed by atoms with E-state index in [1.165, 1.54) is 76.4 Å². The van der Waals surface area contributed by atoms with Crippen molar-refractivity contribution in [2.75, 3.05) is 77.5 Å². The predicted molar refractivity (Wildman–Crippen MR) is 327 cm³/mol. The molecule has 0 radical (unpaired) electrons. The fourth-order valence-electron chi connectivity index (χ4n) is 9.50. The van der Waals surface area contributed by atoms with E-state index in [0.29, 0.717) is 46.4 Å². The second kappa shape index (κ2) is 27.2. The second-order valence-electron chi connectivity index (χ2n) is 21.4. The molecule has 8 aromatic rings. The number of hydrogen-bond acceptors (Lipinski definition) is 11. The fourth-order valence-corrected chi connectivity index (χ4v) is 9.50. The van der Waals surface area contributed by atoms with Crippen molar-refractivity contribution in [1.29, 1.82) is 0 Å². The van der Waals surface area contributed by atoms with Gasteiger partial charge in [-0.3, -0.25) is 47.9 Å². The largest absolute Gasteiger partial charge is 0.356 e. The lowest BCUT2D eigenvalue weighted by molar-refractivity contribution is -0.858. The molecule has 10 amide bonds. The third-order valence-electron chi connectivity index (χ3n) is 14.0. The van der Waals surface area contributed by atoms with E-state index < -0.39 is 53.2 Å². The van der Waals surface area contributed by atoms with Crippen LogP contribution in [0.15, 0.2) is 98.2 Å². The molecule has 0 saturated heterocycles. The Hall–Kier alpha value is -11.2. The maximum atomic E-state index is 13.5. The van der Waals surface area contributed by atoms with Gasteiger partial charge in [0.2, 0.25) is 11.8 Å². The van der Waals surface area contributed by atoms with Crippen molar-refractivity contribution in [3.63, 3.8) is 0 Å². The van der Waals surface area contributed by atoms with Crippen molar-refractivity contribution < 1.29 is 52.8 Å². The number of aryl methyl sites for hydroxylation is 8. The molecule has 0 fully saturated rings. The molecule has 0 aliphatic heterocycles. The molecule has 0 saturated carbocycles. The van der Waals surface area contributed by atoms with Gasteiger partial charge in [0.25, 0.3) is 47.3 Å². The van der Waals surface area contributed by atoms with Crippen LogP contribution in [-0.4, -0.2) is 141 Å².